The fourth-order valence-corrected chi connectivity index (χ4v) is 1.98. The Labute approximate surface area is 110 Å². The van der Waals surface area contributed by atoms with Crippen LogP contribution in [0.2, 0.25) is 0 Å². The third-order valence-electron chi connectivity index (χ3n) is 2.50. The molecule has 0 aliphatic rings. The summed E-state index contributed by atoms with van der Waals surface area (Å²) in [5, 5.41) is 16.1. The number of aliphatic hydroxyl groups is 1. The minimum absolute atomic E-state index is 0.0834. The third-order valence-corrected chi connectivity index (χ3v) is 3.37. The molecule has 0 spiro atoms. The van der Waals surface area contributed by atoms with Crippen LogP contribution in [-0.2, 0) is 4.79 Å². The van der Waals surface area contributed by atoms with Crippen molar-refractivity contribution in [3.05, 3.63) is 22.4 Å². The molecule has 18 heavy (non-hydrogen) atoms. The average molecular weight is 270 g/mol. The third kappa shape index (κ3) is 4.46. The number of hydrogen-bond donors (Lipinski definition) is 3. The maximum Gasteiger partial charge on any atom is 0.261 e. The normalized spacial score (nSPS) is 12.2. The number of hydrogen-bond acceptors (Lipinski definition) is 4. The Balaban J connectivity index is 2.35. The lowest BCUT2D eigenvalue weighted by atomic mass is 10.1. The van der Waals surface area contributed by atoms with Crippen molar-refractivity contribution in [3.8, 4) is 0 Å². The summed E-state index contributed by atoms with van der Waals surface area (Å²) in [6.45, 7) is 3.62. The van der Waals surface area contributed by atoms with Crippen molar-refractivity contribution >= 4 is 23.2 Å². The van der Waals surface area contributed by atoms with Gasteiger partial charge in [0.1, 0.15) is 0 Å². The van der Waals surface area contributed by atoms with Crippen LogP contribution < -0.4 is 10.6 Å². The van der Waals surface area contributed by atoms with Crippen LogP contribution in [0.1, 0.15) is 23.5 Å². The van der Waals surface area contributed by atoms with Gasteiger partial charge in [0.2, 0.25) is 5.91 Å². The number of carbonyl (C=O) groups is 2. The fraction of sp³-hybridized carbons (Fsp3) is 0.500. The van der Waals surface area contributed by atoms with Crippen LogP contribution in [-0.4, -0.2) is 36.1 Å². The van der Waals surface area contributed by atoms with Crippen LogP contribution in [0.3, 0.4) is 0 Å². The molecule has 0 saturated carbocycles. The monoisotopic (exact) mass is 270 g/mol. The summed E-state index contributed by atoms with van der Waals surface area (Å²) < 4.78 is 0. The van der Waals surface area contributed by atoms with Gasteiger partial charge in [-0.05, 0) is 17.4 Å². The van der Waals surface area contributed by atoms with E-state index in [1.807, 2.05) is 13.8 Å². The number of aliphatic hydroxyl groups excluding tert-OH is 1. The van der Waals surface area contributed by atoms with Crippen LogP contribution in [0.5, 0.6) is 0 Å². The summed E-state index contributed by atoms with van der Waals surface area (Å²) in [5.74, 6) is -0.412. The van der Waals surface area contributed by atoms with E-state index in [0.717, 1.165) is 0 Å². The molecule has 5 nitrogen and oxygen atoms in total. The summed E-state index contributed by atoms with van der Waals surface area (Å²) in [6, 6.07) is 3.19. The van der Waals surface area contributed by atoms with E-state index < -0.39 is 0 Å². The van der Waals surface area contributed by atoms with E-state index in [1.165, 1.54) is 11.3 Å². The van der Waals surface area contributed by atoms with Crippen LogP contribution >= 0.6 is 11.3 Å². The maximum atomic E-state index is 11.6. The van der Waals surface area contributed by atoms with Gasteiger partial charge in [-0.3, -0.25) is 9.59 Å². The first-order valence-corrected chi connectivity index (χ1v) is 6.64. The highest BCUT2D eigenvalue weighted by Gasteiger charge is 2.15. The minimum Gasteiger partial charge on any atom is -0.394 e. The number of thiophene rings is 1. The molecular formula is C12H18N2O3S. The highest BCUT2D eigenvalue weighted by Crippen LogP contribution is 2.07. The molecule has 0 aliphatic heterocycles. The number of rotatable bonds is 6. The maximum absolute atomic E-state index is 11.6. The molecule has 0 radical (unpaired) electrons. The molecule has 1 aromatic rings. The van der Waals surface area contributed by atoms with Crippen molar-refractivity contribution in [2.45, 2.75) is 19.9 Å². The highest BCUT2D eigenvalue weighted by atomic mass is 32.1. The quantitative estimate of drug-likeness (QED) is 0.708. The average Bonchev–Trinajstić information content (AvgIpc) is 2.86. The molecule has 0 aromatic carbocycles. The number of nitrogens with one attached hydrogen (secondary N) is 2. The molecular weight excluding hydrogens is 252 g/mol. The Morgan fingerprint density at radius 3 is 2.67 bits per heavy atom. The summed E-state index contributed by atoms with van der Waals surface area (Å²) in [7, 11) is 0. The van der Waals surface area contributed by atoms with E-state index in [4.69, 9.17) is 5.11 Å². The topological polar surface area (TPSA) is 78.4 Å². The zero-order valence-electron chi connectivity index (χ0n) is 10.5. The Hall–Kier alpha value is -1.40. The van der Waals surface area contributed by atoms with Gasteiger partial charge in [0.25, 0.3) is 5.91 Å². The van der Waals surface area contributed by atoms with E-state index in [0.29, 0.717) is 4.88 Å². The summed E-state index contributed by atoms with van der Waals surface area (Å²) in [5.41, 5.74) is 0. The second-order valence-electron chi connectivity index (χ2n) is 4.26. The molecule has 1 atom stereocenters. The lowest BCUT2D eigenvalue weighted by molar-refractivity contribution is -0.121. The first kappa shape index (κ1) is 14.7. The van der Waals surface area contributed by atoms with Gasteiger partial charge in [-0.1, -0.05) is 19.9 Å². The first-order chi connectivity index (χ1) is 8.54. The molecule has 0 bridgehead atoms. The molecule has 1 rings (SSSR count). The molecule has 0 aliphatic carbocycles. The summed E-state index contributed by atoms with van der Waals surface area (Å²) in [4.78, 5) is 23.7. The zero-order chi connectivity index (χ0) is 13.5. The second kappa shape index (κ2) is 7.13. The van der Waals surface area contributed by atoms with Gasteiger partial charge >= 0.3 is 0 Å². The van der Waals surface area contributed by atoms with E-state index in [9.17, 15) is 9.59 Å². The predicted octanol–water partition coefficient (Wildman–Crippen LogP) is 0.611. The summed E-state index contributed by atoms with van der Waals surface area (Å²) in [6.07, 6.45) is 0. The van der Waals surface area contributed by atoms with Gasteiger partial charge in [-0.25, -0.2) is 0 Å². The fourth-order valence-electron chi connectivity index (χ4n) is 1.34. The van der Waals surface area contributed by atoms with Crippen molar-refractivity contribution < 1.29 is 14.7 Å². The molecule has 3 N–H and O–H groups in total. The van der Waals surface area contributed by atoms with E-state index in [1.54, 1.807) is 17.5 Å². The van der Waals surface area contributed by atoms with E-state index in [2.05, 4.69) is 10.6 Å². The zero-order valence-corrected chi connectivity index (χ0v) is 11.3. The standard InChI is InChI=1S/C12H18N2O3S/c1-8(2)9(7-15)14-11(16)6-13-12(17)10-4-3-5-18-10/h3-5,8-9,15H,6-7H2,1-2H3,(H,13,17)(H,14,16)/t9-/m1/s1. The Morgan fingerprint density at radius 2 is 2.17 bits per heavy atom. The van der Waals surface area contributed by atoms with Crippen LogP contribution in [0, 0.1) is 5.92 Å². The Morgan fingerprint density at radius 1 is 1.44 bits per heavy atom. The molecule has 100 valence electrons. The van der Waals surface area contributed by atoms with Crippen molar-refractivity contribution in [1.29, 1.82) is 0 Å². The molecule has 1 aromatic heterocycles. The first-order valence-electron chi connectivity index (χ1n) is 5.76. The Kier molecular flexibility index (Phi) is 5.80. The van der Waals surface area contributed by atoms with Crippen molar-refractivity contribution in [1.82, 2.24) is 10.6 Å². The van der Waals surface area contributed by atoms with Gasteiger partial charge in [-0.2, -0.15) is 0 Å². The smallest absolute Gasteiger partial charge is 0.261 e. The summed E-state index contributed by atoms with van der Waals surface area (Å²) >= 11 is 1.32. The van der Waals surface area contributed by atoms with Gasteiger partial charge in [-0.15, -0.1) is 11.3 Å². The van der Waals surface area contributed by atoms with Gasteiger partial charge in [0.15, 0.2) is 0 Å². The lowest BCUT2D eigenvalue weighted by Crippen LogP contribution is -2.45. The van der Waals surface area contributed by atoms with Crippen LogP contribution in [0.25, 0.3) is 0 Å². The molecule has 6 heteroatoms. The number of carbonyl (C=O) groups excluding carboxylic acids is 2. The molecule has 0 unspecified atom stereocenters. The largest absolute Gasteiger partial charge is 0.394 e. The Bertz CT molecular complexity index is 390. The highest BCUT2D eigenvalue weighted by molar-refractivity contribution is 7.12. The van der Waals surface area contributed by atoms with Gasteiger partial charge in [0, 0.05) is 0 Å². The minimum atomic E-state index is -0.298. The van der Waals surface area contributed by atoms with Gasteiger partial charge in [0.05, 0.1) is 24.1 Å². The van der Waals surface area contributed by atoms with E-state index in [-0.39, 0.29) is 36.9 Å². The van der Waals surface area contributed by atoms with Crippen molar-refractivity contribution in [3.63, 3.8) is 0 Å². The second-order valence-corrected chi connectivity index (χ2v) is 5.21. The molecule has 2 amide bonds. The van der Waals surface area contributed by atoms with Crippen LogP contribution in [0.15, 0.2) is 17.5 Å². The number of amides is 2. The SMILES string of the molecule is CC(C)[C@@H](CO)NC(=O)CNC(=O)c1cccs1. The van der Waals surface area contributed by atoms with Crippen LogP contribution in [0.4, 0.5) is 0 Å². The predicted molar refractivity (Wildman–Crippen MR) is 70.5 cm³/mol. The molecule has 1 heterocycles. The van der Waals surface area contributed by atoms with Crippen molar-refractivity contribution in [2.75, 3.05) is 13.2 Å². The van der Waals surface area contributed by atoms with Crippen molar-refractivity contribution in [2.24, 2.45) is 5.92 Å². The van der Waals surface area contributed by atoms with E-state index >= 15 is 0 Å². The lowest BCUT2D eigenvalue weighted by Gasteiger charge is -2.19. The molecule has 0 saturated heterocycles. The molecule has 0 fully saturated rings. The van der Waals surface area contributed by atoms with Gasteiger partial charge < -0.3 is 15.7 Å².